The molecule has 0 radical (unpaired) electrons. The highest BCUT2D eigenvalue weighted by Crippen LogP contribution is 2.31. The van der Waals surface area contributed by atoms with Crippen LogP contribution in [0.25, 0.3) is 0 Å². The molecule has 2 aromatic carbocycles. The zero-order valence-corrected chi connectivity index (χ0v) is 13.5. The molecule has 1 aliphatic heterocycles. The van der Waals surface area contributed by atoms with E-state index in [0.29, 0.717) is 5.96 Å². The molecule has 0 atom stereocenters. The molecule has 0 spiro atoms. The lowest BCUT2D eigenvalue weighted by atomic mass is 9.90. The van der Waals surface area contributed by atoms with Gasteiger partial charge in [-0.3, -0.25) is 0 Å². The number of aryl methyl sites for hydroxylation is 2. The van der Waals surface area contributed by atoms with Crippen LogP contribution >= 0.6 is 0 Å². The summed E-state index contributed by atoms with van der Waals surface area (Å²) in [5.74, 6) is 0.621. The highest BCUT2D eigenvalue weighted by Gasteiger charge is 2.20. The largest absolute Gasteiger partial charge is 0.369 e. The van der Waals surface area contributed by atoms with Crippen LogP contribution in [-0.4, -0.2) is 12.5 Å². The molecule has 4 rings (SSSR count). The standard InChI is InChI=1S/C20H23N3/c21-20(23-14-6-10-16-8-2-4-13-19(16)23)22-18-12-5-9-15-7-1-3-11-17(15)18/h2,4-5,8-9,12-13H,1,3,6-7,10-11,14H2,(H2,21,22). The fraction of sp³-hybridized carbons (Fsp3) is 0.350. The fourth-order valence-corrected chi connectivity index (χ4v) is 3.82. The Kier molecular flexibility index (Phi) is 3.78. The van der Waals surface area contributed by atoms with E-state index in [4.69, 9.17) is 10.7 Å². The molecule has 3 heteroatoms. The highest BCUT2D eigenvalue weighted by atomic mass is 15.3. The number of hydrogen-bond acceptors (Lipinski definition) is 1. The predicted molar refractivity (Wildman–Crippen MR) is 96.5 cm³/mol. The van der Waals surface area contributed by atoms with Crippen LogP contribution in [0, 0.1) is 0 Å². The molecule has 1 heterocycles. The van der Waals surface area contributed by atoms with E-state index in [1.54, 1.807) is 0 Å². The number of aliphatic imine (C=N–C) groups is 1. The van der Waals surface area contributed by atoms with Crippen LogP contribution < -0.4 is 10.6 Å². The van der Waals surface area contributed by atoms with E-state index in [2.05, 4.69) is 47.4 Å². The molecule has 23 heavy (non-hydrogen) atoms. The Bertz CT molecular complexity index is 748. The predicted octanol–water partition coefficient (Wildman–Crippen LogP) is 3.96. The first-order valence-electron chi connectivity index (χ1n) is 8.63. The molecule has 2 N–H and O–H groups in total. The normalized spacial score (nSPS) is 17.6. The van der Waals surface area contributed by atoms with E-state index in [1.165, 1.54) is 41.6 Å². The van der Waals surface area contributed by atoms with Crippen molar-refractivity contribution in [3.8, 4) is 0 Å². The van der Waals surface area contributed by atoms with Gasteiger partial charge in [-0.05, 0) is 67.3 Å². The van der Waals surface area contributed by atoms with E-state index in [1.807, 2.05) is 0 Å². The van der Waals surface area contributed by atoms with Crippen LogP contribution in [0.1, 0.15) is 36.0 Å². The van der Waals surface area contributed by atoms with Crippen molar-refractivity contribution in [2.75, 3.05) is 11.4 Å². The molecule has 0 amide bonds. The monoisotopic (exact) mass is 305 g/mol. The molecule has 0 saturated carbocycles. The van der Waals surface area contributed by atoms with Crippen molar-refractivity contribution < 1.29 is 0 Å². The number of guanidine groups is 1. The van der Waals surface area contributed by atoms with Crippen molar-refractivity contribution in [1.29, 1.82) is 0 Å². The van der Waals surface area contributed by atoms with Gasteiger partial charge in [0.05, 0.1) is 5.69 Å². The third-order valence-electron chi connectivity index (χ3n) is 4.99. The second-order valence-corrected chi connectivity index (χ2v) is 6.48. The third kappa shape index (κ3) is 2.72. The summed E-state index contributed by atoms with van der Waals surface area (Å²) in [4.78, 5) is 6.98. The minimum Gasteiger partial charge on any atom is -0.369 e. The summed E-state index contributed by atoms with van der Waals surface area (Å²) in [6, 6.07) is 15.0. The maximum absolute atomic E-state index is 6.40. The van der Waals surface area contributed by atoms with Gasteiger partial charge in [0.15, 0.2) is 0 Å². The number of anilines is 1. The second kappa shape index (κ2) is 6.07. The molecule has 0 fully saturated rings. The van der Waals surface area contributed by atoms with Gasteiger partial charge in [0.1, 0.15) is 0 Å². The number of fused-ring (bicyclic) bond motifs is 2. The van der Waals surface area contributed by atoms with Crippen molar-refractivity contribution >= 4 is 17.3 Å². The highest BCUT2D eigenvalue weighted by molar-refractivity contribution is 5.97. The quantitative estimate of drug-likeness (QED) is 0.640. The lowest BCUT2D eigenvalue weighted by Gasteiger charge is -2.30. The van der Waals surface area contributed by atoms with Gasteiger partial charge in [0.2, 0.25) is 5.96 Å². The molecule has 0 saturated heterocycles. The summed E-state index contributed by atoms with van der Waals surface area (Å²) < 4.78 is 0. The Morgan fingerprint density at radius 3 is 2.61 bits per heavy atom. The van der Waals surface area contributed by atoms with E-state index in [0.717, 1.165) is 31.5 Å². The van der Waals surface area contributed by atoms with Gasteiger partial charge in [-0.1, -0.05) is 30.3 Å². The lowest BCUT2D eigenvalue weighted by Crippen LogP contribution is -2.40. The van der Waals surface area contributed by atoms with E-state index >= 15 is 0 Å². The summed E-state index contributed by atoms with van der Waals surface area (Å²) >= 11 is 0. The molecule has 118 valence electrons. The first kappa shape index (κ1) is 14.3. The van der Waals surface area contributed by atoms with Gasteiger partial charge in [-0.2, -0.15) is 0 Å². The summed E-state index contributed by atoms with van der Waals surface area (Å²) in [6.07, 6.45) is 7.09. The van der Waals surface area contributed by atoms with Gasteiger partial charge < -0.3 is 10.6 Å². The molecule has 0 unspecified atom stereocenters. The minimum absolute atomic E-state index is 0.621. The van der Waals surface area contributed by atoms with Gasteiger partial charge in [0.25, 0.3) is 0 Å². The van der Waals surface area contributed by atoms with Crippen molar-refractivity contribution in [2.24, 2.45) is 10.7 Å². The number of nitrogens with two attached hydrogens (primary N) is 1. The summed E-state index contributed by atoms with van der Waals surface area (Å²) in [7, 11) is 0. The fourth-order valence-electron chi connectivity index (χ4n) is 3.82. The number of benzene rings is 2. The lowest BCUT2D eigenvalue weighted by molar-refractivity contribution is 0.686. The van der Waals surface area contributed by atoms with Crippen molar-refractivity contribution in [3.63, 3.8) is 0 Å². The van der Waals surface area contributed by atoms with Crippen LogP contribution in [0.2, 0.25) is 0 Å². The van der Waals surface area contributed by atoms with E-state index in [-0.39, 0.29) is 0 Å². The molecule has 1 aliphatic carbocycles. The Morgan fingerprint density at radius 2 is 1.65 bits per heavy atom. The van der Waals surface area contributed by atoms with Crippen LogP contribution in [0.4, 0.5) is 11.4 Å². The number of para-hydroxylation sites is 1. The van der Waals surface area contributed by atoms with Gasteiger partial charge in [-0.25, -0.2) is 4.99 Å². The van der Waals surface area contributed by atoms with E-state index in [9.17, 15) is 0 Å². The average molecular weight is 305 g/mol. The van der Waals surface area contributed by atoms with Crippen molar-refractivity contribution in [1.82, 2.24) is 0 Å². The molecule has 0 bridgehead atoms. The first-order valence-corrected chi connectivity index (χ1v) is 8.63. The van der Waals surface area contributed by atoms with Crippen LogP contribution in [-0.2, 0) is 19.3 Å². The zero-order chi connectivity index (χ0) is 15.6. The molecule has 3 nitrogen and oxygen atoms in total. The SMILES string of the molecule is NC(=Nc1cccc2c1CCCC2)N1CCCc2ccccc21. The zero-order valence-electron chi connectivity index (χ0n) is 13.5. The van der Waals surface area contributed by atoms with Gasteiger partial charge >= 0.3 is 0 Å². The molecular weight excluding hydrogens is 282 g/mol. The third-order valence-corrected chi connectivity index (χ3v) is 4.99. The summed E-state index contributed by atoms with van der Waals surface area (Å²) in [5, 5.41) is 0. The number of hydrogen-bond donors (Lipinski definition) is 1. The topological polar surface area (TPSA) is 41.6 Å². The number of nitrogens with zero attached hydrogens (tertiary/aromatic N) is 2. The summed E-state index contributed by atoms with van der Waals surface area (Å²) in [5.41, 5.74) is 12.9. The Labute approximate surface area is 137 Å². The van der Waals surface area contributed by atoms with Gasteiger partial charge in [-0.15, -0.1) is 0 Å². The molecular formula is C20H23N3. The van der Waals surface area contributed by atoms with Crippen molar-refractivity contribution in [2.45, 2.75) is 38.5 Å². The second-order valence-electron chi connectivity index (χ2n) is 6.48. The maximum Gasteiger partial charge on any atom is 0.201 e. The Balaban J connectivity index is 1.70. The first-order chi connectivity index (χ1) is 11.3. The smallest absolute Gasteiger partial charge is 0.201 e. The Hall–Kier alpha value is -2.29. The van der Waals surface area contributed by atoms with Gasteiger partial charge in [0, 0.05) is 12.2 Å². The van der Waals surface area contributed by atoms with Crippen LogP contribution in [0.5, 0.6) is 0 Å². The van der Waals surface area contributed by atoms with E-state index < -0.39 is 0 Å². The molecule has 2 aliphatic rings. The molecule has 0 aromatic heterocycles. The molecule has 2 aromatic rings. The van der Waals surface area contributed by atoms with Crippen LogP contribution in [0.15, 0.2) is 47.5 Å². The number of rotatable bonds is 1. The average Bonchev–Trinajstić information content (AvgIpc) is 2.61. The van der Waals surface area contributed by atoms with Crippen molar-refractivity contribution in [3.05, 3.63) is 59.2 Å². The Morgan fingerprint density at radius 1 is 0.870 bits per heavy atom. The maximum atomic E-state index is 6.40. The minimum atomic E-state index is 0.621. The van der Waals surface area contributed by atoms with Crippen LogP contribution in [0.3, 0.4) is 0 Å². The summed E-state index contributed by atoms with van der Waals surface area (Å²) in [6.45, 7) is 0.946.